The molecule has 0 bridgehead atoms. The van der Waals surface area contributed by atoms with Crippen molar-refractivity contribution < 1.29 is 0 Å². The van der Waals surface area contributed by atoms with Gasteiger partial charge in [0.1, 0.15) is 0 Å². The van der Waals surface area contributed by atoms with E-state index in [2.05, 4.69) is 23.1 Å². The molecular formula is C9H13N3. The summed E-state index contributed by atoms with van der Waals surface area (Å²) in [4.78, 5) is 3.89. The van der Waals surface area contributed by atoms with Crippen molar-refractivity contribution in [3.05, 3.63) is 30.2 Å². The van der Waals surface area contributed by atoms with Gasteiger partial charge in [0.25, 0.3) is 0 Å². The van der Waals surface area contributed by atoms with E-state index in [1.165, 1.54) is 11.8 Å². The van der Waals surface area contributed by atoms with Crippen molar-refractivity contribution in [3.63, 3.8) is 0 Å². The van der Waals surface area contributed by atoms with Gasteiger partial charge in [0, 0.05) is 12.1 Å². The van der Waals surface area contributed by atoms with Gasteiger partial charge in [-0.1, -0.05) is 6.92 Å². The summed E-state index contributed by atoms with van der Waals surface area (Å²) < 4.78 is 0. The quantitative estimate of drug-likeness (QED) is 0.594. The average molecular weight is 163 g/mol. The zero-order chi connectivity index (χ0) is 8.81. The van der Waals surface area contributed by atoms with Crippen LogP contribution in [0.1, 0.15) is 13.3 Å². The van der Waals surface area contributed by atoms with Crippen LogP contribution in [0.4, 0.5) is 0 Å². The molecule has 1 aliphatic heterocycles. The molecule has 3 nitrogen and oxygen atoms in total. The average Bonchev–Trinajstić information content (AvgIpc) is 2.52. The molecule has 0 aromatic rings. The van der Waals surface area contributed by atoms with Gasteiger partial charge in [0.15, 0.2) is 0 Å². The highest BCUT2D eigenvalue weighted by Crippen LogP contribution is 2.13. The first-order chi connectivity index (χ1) is 5.88. The number of nitrogens with two attached hydrogens (primary N) is 1. The summed E-state index contributed by atoms with van der Waals surface area (Å²) in [6.45, 7) is 2.13. The van der Waals surface area contributed by atoms with Gasteiger partial charge in [0.05, 0.1) is 12.2 Å². The lowest BCUT2D eigenvalue weighted by Crippen LogP contribution is -2.19. The van der Waals surface area contributed by atoms with Gasteiger partial charge in [-0.05, 0) is 24.3 Å². The van der Waals surface area contributed by atoms with E-state index in [-0.39, 0.29) is 0 Å². The third-order valence-electron chi connectivity index (χ3n) is 1.75. The lowest BCUT2D eigenvalue weighted by Gasteiger charge is -2.07. The zero-order valence-electron chi connectivity index (χ0n) is 7.12. The highest BCUT2D eigenvalue weighted by atomic mass is 14.9. The standard InChI is InChI=1S/C9H13N3/c1-2-9-8(3-5-12-9)7-11-6-4-10/h3-5,7,9,12H,2,10H2,1H3/b8-7-. The Labute approximate surface area is 72.4 Å². The van der Waals surface area contributed by atoms with Crippen molar-refractivity contribution >= 4 is 5.87 Å². The number of nitrogens with zero attached hydrogens (tertiary/aromatic N) is 1. The van der Waals surface area contributed by atoms with Gasteiger partial charge in [-0.2, -0.15) is 0 Å². The lowest BCUT2D eigenvalue weighted by atomic mass is 10.1. The van der Waals surface area contributed by atoms with Crippen LogP contribution in [-0.4, -0.2) is 11.9 Å². The van der Waals surface area contributed by atoms with E-state index < -0.39 is 0 Å². The highest BCUT2D eigenvalue weighted by Gasteiger charge is 2.11. The monoisotopic (exact) mass is 163 g/mol. The molecule has 1 rings (SSSR count). The van der Waals surface area contributed by atoms with Crippen molar-refractivity contribution in [3.8, 4) is 0 Å². The van der Waals surface area contributed by atoms with Crippen molar-refractivity contribution in [1.29, 1.82) is 0 Å². The molecule has 0 fully saturated rings. The van der Waals surface area contributed by atoms with Gasteiger partial charge >= 0.3 is 0 Å². The number of hydrogen-bond acceptors (Lipinski definition) is 3. The SMILES string of the molecule is CCC1NC=C/C1=C/N=C=CN. The number of rotatable bonds is 2. The molecule has 0 saturated carbocycles. The highest BCUT2D eigenvalue weighted by molar-refractivity contribution is 5.52. The van der Waals surface area contributed by atoms with Crippen LogP contribution in [0.2, 0.25) is 0 Å². The minimum Gasteiger partial charge on any atom is -0.397 e. The van der Waals surface area contributed by atoms with Gasteiger partial charge < -0.3 is 11.1 Å². The molecule has 1 heterocycles. The number of aliphatic imine (C=N–C) groups is 1. The maximum absolute atomic E-state index is 5.09. The summed E-state index contributed by atoms with van der Waals surface area (Å²) in [5.41, 5.74) is 6.26. The predicted octanol–water partition coefficient (Wildman–Crippen LogP) is 0.908. The molecule has 0 radical (unpaired) electrons. The second-order valence-electron chi connectivity index (χ2n) is 2.51. The van der Waals surface area contributed by atoms with E-state index in [1.807, 2.05) is 12.3 Å². The molecule has 3 heteroatoms. The van der Waals surface area contributed by atoms with Gasteiger partial charge in [-0.15, -0.1) is 0 Å². The van der Waals surface area contributed by atoms with Crippen LogP contribution in [0.15, 0.2) is 35.2 Å². The zero-order valence-corrected chi connectivity index (χ0v) is 7.12. The number of hydrogen-bond donors (Lipinski definition) is 2. The van der Waals surface area contributed by atoms with Crippen LogP contribution in [-0.2, 0) is 0 Å². The summed E-state index contributed by atoms with van der Waals surface area (Å²) in [6, 6.07) is 0.397. The van der Waals surface area contributed by atoms with Crippen LogP contribution in [0.5, 0.6) is 0 Å². The van der Waals surface area contributed by atoms with E-state index >= 15 is 0 Å². The summed E-state index contributed by atoms with van der Waals surface area (Å²) in [5.74, 6) is 2.56. The van der Waals surface area contributed by atoms with E-state index in [9.17, 15) is 0 Å². The topological polar surface area (TPSA) is 50.4 Å². The minimum atomic E-state index is 0.397. The van der Waals surface area contributed by atoms with Crippen LogP contribution in [0.3, 0.4) is 0 Å². The molecule has 1 aliphatic rings. The molecule has 0 spiro atoms. The van der Waals surface area contributed by atoms with E-state index in [1.54, 1.807) is 6.20 Å². The van der Waals surface area contributed by atoms with E-state index in [0.717, 1.165) is 6.42 Å². The summed E-state index contributed by atoms with van der Waals surface area (Å²) >= 11 is 0. The molecule has 0 aromatic carbocycles. The lowest BCUT2D eigenvalue weighted by molar-refractivity contribution is 0.679. The second-order valence-corrected chi connectivity index (χ2v) is 2.51. The van der Waals surface area contributed by atoms with Crippen molar-refractivity contribution in [2.45, 2.75) is 19.4 Å². The predicted molar refractivity (Wildman–Crippen MR) is 50.6 cm³/mol. The van der Waals surface area contributed by atoms with Crippen molar-refractivity contribution in [2.24, 2.45) is 10.7 Å². The number of nitrogens with one attached hydrogen (secondary N) is 1. The van der Waals surface area contributed by atoms with E-state index in [4.69, 9.17) is 5.73 Å². The largest absolute Gasteiger partial charge is 0.397 e. The molecule has 0 aromatic heterocycles. The fourth-order valence-electron chi connectivity index (χ4n) is 1.11. The molecule has 1 unspecified atom stereocenters. The molecular weight excluding hydrogens is 150 g/mol. The minimum absolute atomic E-state index is 0.397. The molecule has 1 atom stereocenters. The third-order valence-corrected chi connectivity index (χ3v) is 1.75. The molecule has 0 amide bonds. The summed E-state index contributed by atoms with van der Waals surface area (Å²) in [5, 5.41) is 3.21. The fraction of sp³-hybridized carbons (Fsp3) is 0.333. The van der Waals surface area contributed by atoms with E-state index in [0.29, 0.717) is 6.04 Å². The molecule has 0 saturated heterocycles. The van der Waals surface area contributed by atoms with Crippen LogP contribution < -0.4 is 11.1 Å². The second kappa shape index (κ2) is 4.42. The Balaban J connectivity index is 2.66. The van der Waals surface area contributed by atoms with Crippen LogP contribution in [0, 0.1) is 0 Å². The first-order valence-electron chi connectivity index (χ1n) is 4.00. The maximum Gasteiger partial charge on any atom is 0.0570 e. The van der Waals surface area contributed by atoms with Crippen LogP contribution in [0.25, 0.3) is 0 Å². The fourth-order valence-corrected chi connectivity index (χ4v) is 1.11. The molecule has 0 aliphatic carbocycles. The smallest absolute Gasteiger partial charge is 0.0570 e. The third kappa shape index (κ3) is 2.01. The first-order valence-corrected chi connectivity index (χ1v) is 4.00. The Hall–Kier alpha value is -1.47. The Morgan fingerprint density at radius 3 is 3.33 bits per heavy atom. The van der Waals surface area contributed by atoms with Gasteiger partial charge in [0.2, 0.25) is 0 Å². The van der Waals surface area contributed by atoms with Crippen molar-refractivity contribution in [1.82, 2.24) is 5.32 Å². The summed E-state index contributed by atoms with van der Waals surface area (Å²) in [7, 11) is 0. The first kappa shape index (κ1) is 8.62. The Morgan fingerprint density at radius 1 is 1.83 bits per heavy atom. The summed E-state index contributed by atoms with van der Waals surface area (Å²) in [6.07, 6.45) is 8.07. The maximum atomic E-state index is 5.09. The van der Waals surface area contributed by atoms with Crippen LogP contribution >= 0.6 is 0 Å². The van der Waals surface area contributed by atoms with Gasteiger partial charge in [-0.3, -0.25) is 0 Å². The Morgan fingerprint density at radius 2 is 2.67 bits per heavy atom. The molecule has 12 heavy (non-hydrogen) atoms. The van der Waals surface area contributed by atoms with Crippen molar-refractivity contribution in [2.75, 3.05) is 0 Å². The normalized spacial score (nSPS) is 23.4. The molecule has 3 N–H and O–H groups in total. The van der Waals surface area contributed by atoms with Gasteiger partial charge in [-0.25, -0.2) is 4.99 Å². The Bertz CT molecular complexity index is 257. The molecule has 64 valence electrons. The Kier molecular flexibility index (Phi) is 3.17.